The van der Waals surface area contributed by atoms with E-state index in [-0.39, 0.29) is 6.04 Å². The molecule has 1 N–H and O–H groups in total. The van der Waals surface area contributed by atoms with Gasteiger partial charge in [0.25, 0.3) is 0 Å². The van der Waals surface area contributed by atoms with Crippen molar-refractivity contribution in [1.29, 1.82) is 0 Å². The third-order valence-corrected chi connectivity index (χ3v) is 3.85. The number of nitrogens with zero attached hydrogens (tertiary/aromatic N) is 2. The summed E-state index contributed by atoms with van der Waals surface area (Å²) in [6.45, 7) is 2.57. The molecular formula is C14H15Br2N3O. The highest BCUT2D eigenvalue weighted by Gasteiger charge is 2.17. The minimum atomic E-state index is -0.0506. The predicted molar refractivity (Wildman–Crippen MR) is 85.9 cm³/mol. The fourth-order valence-corrected chi connectivity index (χ4v) is 3.15. The third-order valence-electron chi connectivity index (χ3n) is 2.78. The van der Waals surface area contributed by atoms with Gasteiger partial charge in [-0.2, -0.15) is 0 Å². The minimum Gasteiger partial charge on any atom is -0.492 e. The summed E-state index contributed by atoms with van der Waals surface area (Å²) in [7, 11) is 1.90. The van der Waals surface area contributed by atoms with E-state index in [9.17, 15) is 0 Å². The summed E-state index contributed by atoms with van der Waals surface area (Å²) in [5.74, 6) is 0.762. The highest BCUT2D eigenvalue weighted by Crippen LogP contribution is 2.29. The first kappa shape index (κ1) is 15.4. The first-order valence-corrected chi connectivity index (χ1v) is 7.80. The van der Waals surface area contributed by atoms with Crippen molar-refractivity contribution in [3.05, 3.63) is 50.9 Å². The summed E-state index contributed by atoms with van der Waals surface area (Å²) in [5.41, 5.74) is 1.92. The normalized spacial score (nSPS) is 12.2. The van der Waals surface area contributed by atoms with Gasteiger partial charge in [0.05, 0.1) is 24.5 Å². The zero-order valence-corrected chi connectivity index (χ0v) is 14.4. The van der Waals surface area contributed by atoms with Gasteiger partial charge in [0.2, 0.25) is 0 Å². The van der Waals surface area contributed by atoms with Crippen molar-refractivity contribution in [3.8, 4) is 5.75 Å². The number of ether oxygens (including phenoxy) is 1. The number of halogens is 2. The molecule has 2 heterocycles. The number of hydrogen-bond donors (Lipinski definition) is 1. The van der Waals surface area contributed by atoms with E-state index in [0.29, 0.717) is 6.61 Å². The molecule has 0 aromatic carbocycles. The van der Waals surface area contributed by atoms with Gasteiger partial charge in [0, 0.05) is 21.3 Å². The second kappa shape index (κ2) is 7.15. The Balaban J connectivity index is 2.38. The Morgan fingerprint density at radius 2 is 2.05 bits per heavy atom. The number of nitrogens with one attached hydrogen (secondary N) is 1. The Morgan fingerprint density at radius 3 is 2.70 bits per heavy atom. The molecule has 106 valence electrons. The molecule has 2 aromatic heterocycles. The van der Waals surface area contributed by atoms with Crippen molar-refractivity contribution in [3.63, 3.8) is 0 Å². The van der Waals surface area contributed by atoms with Crippen molar-refractivity contribution in [1.82, 2.24) is 15.3 Å². The number of rotatable bonds is 5. The zero-order chi connectivity index (χ0) is 14.5. The van der Waals surface area contributed by atoms with Gasteiger partial charge in [-0.05, 0) is 63.5 Å². The van der Waals surface area contributed by atoms with Gasteiger partial charge in [0.15, 0.2) is 0 Å². The lowest BCUT2D eigenvalue weighted by atomic mass is 10.1. The van der Waals surface area contributed by atoms with Gasteiger partial charge in [-0.1, -0.05) is 0 Å². The summed E-state index contributed by atoms with van der Waals surface area (Å²) in [5, 5.41) is 3.26. The van der Waals surface area contributed by atoms with E-state index in [1.807, 2.05) is 32.3 Å². The van der Waals surface area contributed by atoms with Crippen molar-refractivity contribution >= 4 is 31.9 Å². The molecule has 0 fully saturated rings. The van der Waals surface area contributed by atoms with Crippen LogP contribution in [-0.4, -0.2) is 23.6 Å². The Labute approximate surface area is 135 Å². The standard InChI is InChI=1S/C14H15Br2N3O/c1-3-20-11-4-9(6-18-8-11)13(17-2)14-12(16)5-10(15)7-19-14/h4-8,13,17H,3H2,1-2H3. The van der Waals surface area contributed by atoms with Gasteiger partial charge in [0.1, 0.15) is 5.75 Å². The summed E-state index contributed by atoms with van der Waals surface area (Å²) in [6, 6.07) is 3.91. The van der Waals surface area contributed by atoms with Gasteiger partial charge < -0.3 is 10.1 Å². The molecule has 0 saturated heterocycles. The monoisotopic (exact) mass is 399 g/mol. The largest absolute Gasteiger partial charge is 0.492 e. The van der Waals surface area contributed by atoms with E-state index < -0.39 is 0 Å². The lowest BCUT2D eigenvalue weighted by Gasteiger charge is -2.18. The molecule has 0 bridgehead atoms. The Bertz CT molecular complexity index is 592. The number of aromatic nitrogens is 2. The van der Waals surface area contributed by atoms with Crippen LogP contribution in [0.1, 0.15) is 24.2 Å². The van der Waals surface area contributed by atoms with E-state index in [1.54, 1.807) is 12.4 Å². The molecule has 1 atom stereocenters. The second-order valence-electron chi connectivity index (χ2n) is 4.13. The van der Waals surface area contributed by atoms with Gasteiger partial charge in [-0.15, -0.1) is 0 Å². The van der Waals surface area contributed by atoms with Crippen LogP contribution < -0.4 is 10.1 Å². The maximum absolute atomic E-state index is 5.50. The first-order chi connectivity index (χ1) is 9.65. The van der Waals surface area contributed by atoms with Gasteiger partial charge >= 0.3 is 0 Å². The van der Waals surface area contributed by atoms with Crippen LogP contribution in [-0.2, 0) is 0 Å². The molecule has 0 amide bonds. The van der Waals surface area contributed by atoms with Crippen molar-refractivity contribution in [2.24, 2.45) is 0 Å². The van der Waals surface area contributed by atoms with E-state index in [1.165, 1.54) is 0 Å². The molecule has 0 spiro atoms. The molecule has 0 aliphatic heterocycles. The maximum atomic E-state index is 5.50. The minimum absolute atomic E-state index is 0.0506. The van der Waals surface area contributed by atoms with Crippen molar-refractivity contribution in [2.45, 2.75) is 13.0 Å². The highest BCUT2D eigenvalue weighted by molar-refractivity contribution is 9.11. The lowest BCUT2D eigenvalue weighted by molar-refractivity contribution is 0.338. The van der Waals surface area contributed by atoms with E-state index in [0.717, 1.165) is 26.0 Å². The lowest BCUT2D eigenvalue weighted by Crippen LogP contribution is -2.19. The zero-order valence-electron chi connectivity index (χ0n) is 11.2. The van der Waals surface area contributed by atoms with Crippen LogP contribution in [0.5, 0.6) is 5.75 Å². The molecule has 2 rings (SSSR count). The van der Waals surface area contributed by atoms with Crippen LogP contribution in [0, 0.1) is 0 Å². The Kier molecular flexibility index (Phi) is 5.51. The topological polar surface area (TPSA) is 47.0 Å². The summed E-state index contributed by atoms with van der Waals surface area (Å²) in [4.78, 5) is 8.70. The SMILES string of the molecule is CCOc1cncc(C(NC)c2ncc(Br)cc2Br)c1. The molecule has 20 heavy (non-hydrogen) atoms. The van der Waals surface area contributed by atoms with Gasteiger partial charge in [-0.3, -0.25) is 9.97 Å². The molecule has 6 heteroatoms. The molecule has 2 aromatic rings. The average molecular weight is 401 g/mol. The van der Waals surface area contributed by atoms with Crippen molar-refractivity contribution in [2.75, 3.05) is 13.7 Å². The summed E-state index contributed by atoms with van der Waals surface area (Å²) in [6.07, 6.45) is 5.31. The predicted octanol–water partition coefficient (Wildman–Crippen LogP) is 3.71. The summed E-state index contributed by atoms with van der Waals surface area (Å²) >= 11 is 6.96. The van der Waals surface area contributed by atoms with Crippen LogP contribution in [0.2, 0.25) is 0 Å². The smallest absolute Gasteiger partial charge is 0.137 e. The van der Waals surface area contributed by atoms with Crippen molar-refractivity contribution < 1.29 is 4.74 Å². The van der Waals surface area contributed by atoms with Gasteiger partial charge in [-0.25, -0.2) is 0 Å². The Morgan fingerprint density at radius 1 is 1.25 bits per heavy atom. The molecule has 4 nitrogen and oxygen atoms in total. The molecule has 0 saturated carbocycles. The van der Waals surface area contributed by atoms with E-state index in [4.69, 9.17) is 4.74 Å². The van der Waals surface area contributed by atoms with Crippen LogP contribution in [0.25, 0.3) is 0 Å². The fraction of sp³-hybridized carbons (Fsp3) is 0.286. The molecule has 0 aliphatic rings. The molecule has 0 aliphatic carbocycles. The number of pyridine rings is 2. The average Bonchev–Trinajstić information content (AvgIpc) is 2.43. The van der Waals surface area contributed by atoms with Crippen LogP contribution in [0.15, 0.2) is 39.7 Å². The maximum Gasteiger partial charge on any atom is 0.137 e. The van der Waals surface area contributed by atoms with E-state index >= 15 is 0 Å². The van der Waals surface area contributed by atoms with Crippen LogP contribution in [0.4, 0.5) is 0 Å². The third kappa shape index (κ3) is 3.56. The van der Waals surface area contributed by atoms with Crippen LogP contribution >= 0.6 is 31.9 Å². The van der Waals surface area contributed by atoms with E-state index in [2.05, 4.69) is 47.1 Å². The molecule has 0 radical (unpaired) electrons. The quantitative estimate of drug-likeness (QED) is 0.830. The molecule has 1 unspecified atom stereocenters. The number of hydrogen-bond acceptors (Lipinski definition) is 4. The molecular weight excluding hydrogens is 386 g/mol. The first-order valence-electron chi connectivity index (χ1n) is 6.21. The highest BCUT2D eigenvalue weighted by atomic mass is 79.9. The van der Waals surface area contributed by atoms with Crippen LogP contribution in [0.3, 0.4) is 0 Å². The summed E-state index contributed by atoms with van der Waals surface area (Å²) < 4.78 is 7.37. The Hall–Kier alpha value is -0.980. The fourth-order valence-electron chi connectivity index (χ4n) is 1.94. The second-order valence-corrected chi connectivity index (χ2v) is 5.90.